The summed E-state index contributed by atoms with van der Waals surface area (Å²) in [7, 11) is 0. The van der Waals surface area contributed by atoms with Gasteiger partial charge in [-0.3, -0.25) is 0 Å². The van der Waals surface area contributed by atoms with E-state index in [1.165, 1.54) is 0 Å². The van der Waals surface area contributed by atoms with Gasteiger partial charge in [0.1, 0.15) is 17.6 Å². The van der Waals surface area contributed by atoms with Crippen LogP contribution in [0.5, 0.6) is 0 Å². The molecule has 1 N–H and O–H groups in total. The molecule has 1 saturated heterocycles. The molecule has 1 fully saturated rings. The molecule has 0 saturated carbocycles. The summed E-state index contributed by atoms with van der Waals surface area (Å²) in [5.74, 6) is 2.58. The minimum absolute atomic E-state index is 0.140. The first kappa shape index (κ1) is 12.7. The Labute approximate surface area is 104 Å². The van der Waals surface area contributed by atoms with Crippen LogP contribution in [0.15, 0.2) is 16.5 Å². The van der Waals surface area contributed by atoms with Crippen molar-refractivity contribution in [1.82, 2.24) is 5.32 Å². The van der Waals surface area contributed by atoms with E-state index in [2.05, 4.69) is 38.2 Å². The van der Waals surface area contributed by atoms with E-state index in [4.69, 9.17) is 9.15 Å². The molecule has 1 aromatic heterocycles. The van der Waals surface area contributed by atoms with Crippen LogP contribution < -0.4 is 5.32 Å². The maximum atomic E-state index is 5.81. The van der Waals surface area contributed by atoms with Gasteiger partial charge >= 0.3 is 0 Å². The van der Waals surface area contributed by atoms with Crippen LogP contribution in [0.4, 0.5) is 0 Å². The molecule has 3 heteroatoms. The highest BCUT2D eigenvalue weighted by Gasteiger charge is 2.31. The van der Waals surface area contributed by atoms with E-state index in [-0.39, 0.29) is 6.10 Å². The van der Waals surface area contributed by atoms with Gasteiger partial charge in [-0.25, -0.2) is 0 Å². The molecule has 0 aromatic carbocycles. The quantitative estimate of drug-likeness (QED) is 0.855. The standard InChI is InChI=1S/C14H23NO2/c1-4-12-5-6-13(17-12)14-11(7-8-16-14)9-15-10(2)3/h5-6,10-11,14-15H,4,7-9H2,1-3H3. The minimum Gasteiger partial charge on any atom is -0.463 e. The highest BCUT2D eigenvalue weighted by Crippen LogP contribution is 2.35. The van der Waals surface area contributed by atoms with Crippen molar-refractivity contribution in [1.29, 1.82) is 0 Å². The predicted molar refractivity (Wildman–Crippen MR) is 68.0 cm³/mol. The molecule has 0 bridgehead atoms. The number of ether oxygens (including phenoxy) is 1. The third-order valence-electron chi connectivity index (χ3n) is 3.31. The van der Waals surface area contributed by atoms with Crippen LogP contribution in [0, 0.1) is 5.92 Å². The van der Waals surface area contributed by atoms with E-state index < -0.39 is 0 Å². The molecule has 1 aliphatic heterocycles. The third kappa shape index (κ3) is 3.11. The zero-order chi connectivity index (χ0) is 12.3. The second kappa shape index (κ2) is 5.69. The summed E-state index contributed by atoms with van der Waals surface area (Å²) in [4.78, 5) is 0. The lowest BCUT2D eigenvalue weighted by atomic mass is 9.99. The van der Waals surface area contributed by atoms with Crippen molar-refractivity contribution in [2.75, 3.05) is 13.2 Å². The molecule has 3 nitrogen and oxygen atoms in total. The smallest absolute Gasteiger partial charge is 0.133 e. The van der Waals surface area contributed by atoms with E-state index in [1.54, 1.807) is 0 Å². The molecule has 2 heterocycles. The van der Waals surface area contributed by atoms with Crippen molar-refractivity contribution in [3.8, 4) is 0 Å². The number of nitrogens with one attached hydrogen (secondary N) is 1. The molecule has 1 aromatic rings. The zero-order valence-electron chi connectivity index (χ0n) is 11.0. The molecule has 0 spiro atoms. The molecule has 0 amide bonds. The highest BCUT2D eigenvalue weighted by molar-refractivity contribution is 5.11. The van der Waals surface area contributed by atoms with Crippen LogP contribution in [0.3, 0.4) is 0 Å². The van der Waals surface area contributed by atoms with Crippen LogP contribution in [0.2, 0.25) is 0 Å². The molecule has 2 rings (SSSR count). The van der Waals surface area contributed by atoms with E-state index in [0.29, 0.717) is 12.0 Å². The Bertz CT molecular complexity index is 346. The fourth-order valence-electron chi connectivity index (χ4n) is 2.28. The van der Waals surface area contributed by atoms with Crippen molar-refractivity contribution in [2.24, 2.45) is 5.92 Å². The number of aryl methyl sites for hydroxylation is 1. The van der Waals surface area contributed by atoms with Gasteiger partial charge in [0.2, 0.25) is 0 Å². The van der Waals surface area contributed by atoms with Crippen molar-refractivity contribution < 1.29 is 9.15 Å². The summed E-state index contributed by atoms with van der Waals surface area (Å²) in [6.07, 6.45) is 2.20. The Hall–Kier alpha value is -0.800. The van der Waals surface area contributed by atoms with Crippen LogP contribution in [0.25, 0.3) is 0 Å². The molecular weight excluding hydrogens is 214 g/mol. The van der Waals surface area contributed by atoms with Crippen LogP contribution in [-0.4, -0.2) is 19.2 Å². The second-order valence-corrected chi connectivity index (χ2v) is 5.06. The van der Waals surface area contributed by atoms with Gasteiger partial charge in [0.25, 0.3) is 0 Å². The van der Waals surface area contributed by atoms with E-state index in [9.17, 15) is 0 Å². The zero-order valence-corrected chi connectivity index (χ0v) is 11.0. The topological polar surface area (TPSA) is 34.4 Å². The average molecular weight is 237 g/mol. The Kier molecular flexibility index (Phi) is 4.24. The molecule has 17 heavy (non-hydrogen) atoms. The summed E-state index contributed by atoms with van der Waals surface area (Å²) >= 11 is 0. The van der Waals surface area contributed by atoms with Gasteiger partial charge in [-0.15, -0.1) is 0 Å². The van der Waals surface area contributed by atoms with Gasteiger partial charge in [0.15, 0.2) is 0 Å². The first-order valence-corrected chi connectivity index (χ1v) is 6.64. The molecule has 2 unspecified atom stereocenters. The maximum absolute atomic E-state index is 5.81. The fourth-order valence-corrected chi connectivity index (χ4v) is 2.28. The Morgan fingerprint density at radius 3 is 2.88 bits per heavy atom. The monoisotopic (exact) mass is 237 g/mol. The maximum Gasteiger partial charge on any atom is 0.133 e. The first-order valence-electron chi connectivity index (χ1n) is 6.64. The molecule has 0 aliphatic carbocycles. The summed E-state index contributed by atoms with van der Waals surface area (Å²) in [5.41, 5.74) is 0. The number of hydrogen-bond donors (Lipinski definition) is 1. The summed E-state index contributed by atoms with van der Waals surface area (Å²) in [6, 6.07) is 4.65. The number of hydrogen-bond acceptors (Lipinski definition) is 3. The van der Waals surface area contributed by atoms with Gasteiger partial charge in [-0.05, 0) is 18.6 Å². The van der Waals surface area contributed by atoms with Crippen molar-refractivity contribution in [2.45, 2.75) is 45.8 Å². The lowest BCUT2D eigenvalue weighted by molar-refractivity contribution is 0.0708. The van der Waals surface area contributed by atoms with Gasteiger partial charge in [-0.1, -0.05) is 20.8 Å². The lowest BCUT2D eigenvalue weighted by Gasteiger charge is -2.18. The van der Waals surface area contributed by atoms with E-state index >= 15 is 0 Å². The molecule has 1 aliphatic rings. The normalized spacial score (nSPS) is 24.7. The Morgan fingerprint density at radius 1 is 1.41 bits per heavy atom. The Morgan fingerprint density at radius 2 is 2.24 bits per heavy atom. The Balaban J connectivity index is 1.98. The molecule has 96 valence electrons. The van der Waals surface area contributed by atoms with Crippen molar-refractivity contribution in [3.05, 3.63) is 23.7 Å². The molecular formula is C14H23NO2. The van der Waals surface area contributed by atoms with Gasteiger partial charge in [0, 0.05) is 31.5 Å². The molecule has 0 radical (unpaired) electrons. The summed E-state index contributed by atoms with van der Waals surface area (Å²) in [5, 5.41) is 3.49. The third-order valence-corrected chi connectivity index (χ3v) is 3.31. The van der Waals surface area contributed by atoms with Crippen molar-refractivity contribution in [3.63, 3.8) is 0 Å². The predicted octanol–water partition coefficient (Wildman–Crippen LogP) is 2.92. The summed E-state index contributed by atoms with van der Waals surface area (Å²) < 4.78 is 11.6. The average Bonchev–Trinajstić information content (AvgIpc) is 2.94. The van der Waals surface area contributed by atoms with Crippen LogP contribution >= 0.6 is 0 Å². The van der Waals surface area contributed by atoms with Gasteiger partial charge < -0.3 is 14.5 Å². The van der Waals surface area contributed by atoms with E-state index in [0.717, 1.165) is 37.5 Å². The number of rotatable bonds is 5. The van der Waals surface area contributed by atoms with Crippen LogP contribution in [-0.2, 0) is 11.2 Å². The fraction of sp³-hybridized carbons (Fsp3) is 0.714. The first-order chi connectivity index (χ1) is 8.20. The number of furan rings is 1. The van der Waals surface area contributed by atoms with Crippen molar-refractivity contribution >= 4 is 0 Å². The molecule has 2 atom stereocenters. The van der Waals surface area contributed by atoms with E-state index in [1.807, 2.05) is 0 Å². The van der Waals surface area contributed by atoms with Crippen LogP contribution in [0.1, 0.15) is 44.8 Å². The van der Waals surface area contributed by atoms with Gasteiger partial charge in [-0.2, -0.15) is 0 Å². The SMILES string of the molecule is CCc1ccc(C2OCCC2CNC(C)C)o1. The minimum atomic E-state index is 0.140. The summed E-state index contributed by atoms with van der Waals surface area (Å²) in [6.45, 7) is 8.30. The second-order valence-electron chi connectivity index (χ2n) is 5.06. The highest BCUT2D eigenvalue weighted by atomic mass is 16.5. The lowest BCUT2D eigenvalue weighted by Crippen LogP contribution is -2.30. The van der Waals surface area contributed by atoms with Gasteiger partial charge in [0.05, 0.1) is 0 Å². The largest absolute Gasteiger partial charge is 0.463 e.